The number of hydrogen-bond acceptors (Lipinski definition) is 9. The molecule has 2 aliphatic rings. The molecule has 1 aliphatic carbocycles. The van der Waals surface area contributed by atoms with Crippen molar-refractivity contribution in [1.82, 2.24) is 20.3 Å². The van der Waals surface area contributed by atoms with Crippen LogP contribution in [0.2, 0.25) is 0 Å². The van der Waals surface area contributed by atoms with E-state index in [0.717, 1.165) is 5.56 Å². The summed E-state index contributed by atoms with van der Waals surface area (Å²) in [4.78, 5) is 55.2. The zero-order valence-electron chi connectivity index (χ0n) is 28.0. The molecule has 0 unspecified atom stereocenters. The van der Waals surface area contributed by atoms with Gasteiger partial charge in [-0.05, 0) is 79.3 Å². The second-order valence-electron chi connectivity index (χ2n) is 12.6. The second kappa shape index (κ2) is 14.2. The highest BCUT2D eigenvalue weighted by Crippen LogP contribution is 2.61. The molecule has 0 atom stereocenters. The Hall–Kier alpha value is -4.24. The van der Waals surface area contributed by atoms with Gasteiger partial charge in [0, 0.05) is 25.7 Å². The maximum absolute atomic E-state index is 14.2. The van der Waals surface area contributed by atoms with Gasteiger partial charge < -0.3 is 30.1 Å². The van der Waals surface area contributed by atoms with Gasteiger partial charge in [0.25, 0.3) is 5.91 Å². The monoisotopic (exact) mass is 720 g/mol. The average Bonchev–Trinajstić information content (AvgIpc) is 3.38. The number of nitrogens with one attached hydrogen (secondary N) is 3. The van der Waals surface area contributed by atoms with Gasteiger partial charge in [0.05, 0.1) is 29.2 Å². The highest BCUT2D eigenvalue weighted by molar-refractivity contribution is 7.53. The van der Waals surface area contributed by atoms with Gasteiger partial charge in [-0.1, -0.05) is 26.0 Å². The van der Waals surface area contributed by atoms with Crippen molar-refractivity contribution in [3.8, 4) is 5.75 Å². The third-order valence-corrected chi connectivity index (χ3v) is 12.0. The molecule has 2 amide bonds. The minimum atomic E-state index is -4.85. The Kier molecular flexibility index (Phi) is 10.5. The van der Waals surface area contributed by atoms with E-state index in [1.54, 1.807) is 38.5 Å². The number of anilines is 4. The predicted octanol–water partition coefficient (Wildman–Crippen LogP) is 6.55. The quantitative estimate of drug-likeness (QED) is 0.0717. The fraction of sp³-hybridized carbons (Fsp3) is 0.455. The summed E-state index contributed by atoms with van der Waals surface area (Å²) in [6.07, 6.45) is -1.59. The molecule has 0 saturated heterocycles. The lowest BCUT2D eigenvalue weighted by atomic mass is 9.76. The number of hydroxylamine groups is 1. The molecule has 50 heavy (non-hydrogen) atoms. The van der Waals surface area contributed by atoms with Crippen LogP contribution in [0.25, 0.3) is 0 Å². The molecule has 5 rings (SSSR count). The summed E-state index contributed by atoms with van der Waals surface area (Å²) in [5.74, 6) is -1.79. The standard InChI is InChI=1S/C33H40F3N6O7P/c1-5-32(6-2,50(46,47)48)20-11-13-24(26(15-20)49-4)39-31-37-16-23(33(34,35)36)28(40-31)38-25-14-12-21(22-17-42(3)30(44)27(22)25)18-7-9-19(10-8-18)29(43)41-45/h11-16,18-19,45H,5-10,17H2,1-4H3,(H,41,43)(H2,46,47,48)(H2,37,38,39,40). The van der Waals surface area contributed by atoms with Crippen molar-refractivity contribution in [2.24, 2.45) is 5.92 Å². The van der Waals surface area contributed by atoms with E-state index < -0.39 is 36.2 Å². The minimum absolute atomic E-state index is 0.0169. The molecule has 1 aromatic heterocycles. The lowest BCUT2D eigenvalue weighted by molar-refractivity contribution is -0.137. The molecule has 6 N–H and O–H groups in total. The van der Waals surface area contributed by atoms with Crippen molar-refractivity contribution >= 4 is 42.6 Å². The van der Waals surface area contributed by atoms with E-state index in [0.29, 0.717) is 43.0 Å². The fourth-order valence-electron chi connectivity index (χ4n) is 7.14. The average molecular weight is 721 g/mol. The van der Waals surface area contributed by atoms with Crippen molar-refractivity contribution in [1.29, 1.82) is 0 Å². The van der Waals surface area contributed by atoms with Gasteiger partial charge in [0.2, 0.25) is 11.9 Å². The SMILES string of the molecule is CCC(CC)(c1ccc(Nc2ncc(C(F)(F)F)c(Nc3ccc(C4CCC(C(=O)NO)CC4)c4c3C(=O)N(C)C4)n2)c(OC)c1)P(=O)(O)O. The molecule has 1 saturated carbocycles. The summed E-state index contributed by atoms with van der Waals surface area (Å²) in [5, 5.41) is 13.1. The summed E-state index contributed by atoms with van der Waals surface area (Å²) in [5.41, 5.74) is 3.06. The van der Waals surface area contributed by atoms with E-state index in [1.165, 1.54) is 30.2 Å². The van der Waals surface area contributed by atoms with Gasteiger partial charge in [-0.15, -0.1) is 0 Å². The Morgan fingerprint density at radius 3 is 2.30 bits per heavy atom. The Morgan fingerprint density at radius 2 is 1.72 bits per heavy atom. The molecule has 270 valence electrons. The Balaban J connectivity index is 1.49. The van der Waals surface area contributed by atoms with Gasteiger partial charge in [-0.25, -0.2) is 10.5 Å². The zero-order chi connectivity index (χ0) is 36.6. The third kappa shape index (κ3) is 6.89. The van der Waals surface area contributed by atoms with Crippen LogP contribution in [0.15, 0.2) is 36.5 Å². The maximum atomic E-state index is 14.2. The molecular weight excluding hydrogens is 680 g/mol. The number of amides is 2. The van der Waals surface area contributed by atoms with E-state index >= 15 is 0 Å². The van der Waals surface area contributed by atoms with Gasteiger partial charge >= 0.3 is 13.8 Å². The number of benzene rings is 2. The summed E-state index contributed by atoms with van der Waals surface area (Å²) >= 11 is 0. The van der Waals surface area contributed by atoms with Crippen molar-refractivity contribution in [3.05, 3.63) is 64.3 Å². The summed E-state index contributed by atoms with van der Waals surface area (Å²) in [6, 6.07) is 7.82. The van der Waals surface area contributed by atoms with Crippen molar-refractivity contribution in [2.45, 2.75) is 76.2 Å². The number of fused-ring (bicyclic) bond motifs is 1. The summed E-state index contributed by atoms with van der Waals surface area (Å²) in [7, 11) is -1.65. The predicted molar refractivity (Wildman–Crippen MR) is 178 cm³/mol. The number of ether oxygens (including phenoxy) is 1. The number of halogens is 3. The first kappa shape index (κ1) is 37.0. The molecule has 1 fully saturated rings. The van der Waals surface area contributed by atoms with Crippen LogP contribution in [-0.2, 0) is 27.2 Å². The second-order valence-corrected chi connectivity index (χ2v) is 14.6. The van der Waals surface area contributed by atoms with Crippen LogP contribution in [0.4, 0.5) is 36.3 Å². The first-order chi connectivity index (χ1) is 23.6. The number of carbonyl (C=O) groups is 2. The number of alkyl halides is 3. The lowest BCUT2D eigenvalue weighted by Crippen LogP contribution is -2.30. The smallest absolute Gasteiger partial charge is 0.421 e. The van der Waals surface area contributed by atoms with E-state index in [2.05, 4.69) is 20.6 Å². The number of nitrogens with zero attached hydrogens (tertiary/aromatic N) is 3. The molecular formula is C33H40F3N6O7P. The number of methoxy groups -OCH3 is 1. The topological polar surface area (TPSA) is 186 Å². The van der Waals surface area contributed by atoms with Crippen LogP contribution in [0.1, 0.15) is 90.9 Å². The lowest BCUT2D eigenvalue weighted by Gasteiger charge is -2.33. The van der Waals surface area contributed by atoms with E-state index in [1.807, 2.05) is 0 Å². The molecule has 13 nitrogen and oxygen atoms in total. The van der Waals surface area contributed by atoms with Gasteiger partial charge in [-0.2, -0.15) is 18.2 Å². The zero-order valence-corrected chi connectivity index (χ0v) is 28.9. The molecule has 3 aromatic rings. The van der Waals surface area contributed by atoms with Gasteiger partial charge in [0.1, 0.15) is 17.1 Å². The highest BCUT2D eigenvalue weighted by atomic mass is 31.2. The highest BCUT2D eigenvalue weighted by Gasteiger charge is 2.46. The molecule has 2 heterocycles. The van der Waals surface area contributed by atoms with Crippen LogP contribution < -0.4 is 20.9 Å². The number of hydrogen-bond donors (Lipinski definition) is 6. The normalized spacial score (nSPS) is 18.1. The van der Waals surface area contributed by atoms with Gasteiger partial charge in [0.15, 0.2) is 0 Å². The van der Waals surface area contributed by atoms with Crippen molar-refractivity contribution in [3.63, 3.8) is 0 Å². The Labute approximate surface area is 286 Å². The Bertz CT molecular complexity index is 1820. The first-order valence-electron chi connectivity index (χ1n) is 16.2. The maximum Gasteiger partial charge on any atom is 0.421 e. The third-order valence-electron chi connectivity index (χ3n) is 10.0. The van der Waals surface area contributed by atoms with Crippen LogP contribution in [0.3, 0.4) is 0 Å². The van der Waals surface area contributed by atoms with Crippen LogP contribution in [-0.4, -0.2) is 55.8 Å². The van der Waals surface area contributed by atoms with E-state index in [4.69, 9.17) is 9.94 Å². The van der Waals surface area contributed by atoms with Crippen LogP contribution >= 0.6 is 7.60 Å². The molecule has 0 bridgehead atoms. The number of aromatic nitrogens is 2. The summed E-state index contributed by atoms with van der Waals surface area (Å²) in [6.45, 7) is 3.60. The Morgan fingerprint density at radius 1 is 1.06 bits per heavy atom. The number of carbonyl (C=O) groups excluding carboxylic acids is 2. The molecule has 0 spiro atoms. The molecule has 1 aliphatic heterocycles. The van der Waals surface area contributed by atoms with Crippen molar-refractivity contribution < 1.29 is 47.1 Å². The molecule has 17 heteroatoms. The molecule has 0 radical (unpaired) electrons. The van der Waals surface area contributed by atoms with E-state index in [9.17, 15) is 37.1 Å². The van der Waals surface area contributed by atoms with E-state index in [-0.39, 0.29) is 65.8 Å². The van der Waals surface area contributed by atoms with Gasteiger partial charge in [-0.3, -0.25) is 19.4 Å². The van der Waals surface area contributed by atoms with Crippen molar-refractivity contribution in [2.75, 3.05) is 24.8 Å². The fourth-order valence-corrected chi connectivity index (χ4v) is 8.44. The number of rotatable bonds is 11. The van der Waals surface area contributed by atoms with Crippen LogP contribution in [0.5, 0.6) is 5.75 Å². The first-order valence-corrected chi connectivity index (χ1v) is 17.8. The molecule has 2 aromatic carbocycles. The largest absolute Gasteiger partial charge is 0.495 e. The minimum Gasteiger partial charge on any atom is -0.495 e. The van der Waals surface area contributed by atoms with Crippen LogP contribution in [0, 0.1) is 5.92 Å². The summed E-state index contributed by atoms with van der Waals surface area (Å²) < 4.78 is 60.7.